The van der Waals surface area contributed by atoms with E-state index in [1.165, 1.54) is 46.8 Å². The number of nitrogens with two attached hydrogens (primary N) is 5. The predicted octanol–water partition coefficient (Wildman–Crippen LogP) is 12.7. The Morgan fingerprint density at radius 2 is 0.715 bits per heavy atom. The zero-order valence-corrected chi connectivity index (χ0v) is 81.4. The number of terminal acetylenes is 1. The summed E-state index contributed by atoms with van der Waals surface area (Å²) in [7, 11) is 17.4. The summed E-state index contributed by atoms with van der Waals surface area (Å²) in [5.74, 6) is 10.6. The first-order chi connectivity index (χ1) is 65.9. The maximum Gasteiger partial charge on any atom is 0.262 e. The summed E-state index contributed by atoms with van der Waals surface area (Å²) in [4.78, 5) is 113. The van der Waals surface area contributed by atoms with Gasteiger partial charge in [-0.25, -0.2) is 25.0 Å². The number of thiazole rings is 1. The first-order valence-corrected chi connectivity index (χ1v) is 49.5. The number of nitrogens with zero attached hydrogens (tertiary/aromatic N) is 13. The van der Waals surface area contributed by atoms with Crippen LogP contribution in [0.15, 0.2) is 170 Å². The molecule has 5 atom stereocenters. The van der Waals surface area contributed by atoms with Crippen LogP contribution in [0.5, 0.6) is 0 Å². The zero-order chi connectivity index (χ0) is 96.3. The molecule has 23 rings (SSSR count). The maximum absolute atomic E-state index is 13.6. The van der Waals surface area contributed by atoms with Crippen LogP contribution in [0, 0.1) is 51.3 Å². The van der Waals surface area contributed by atoms with Crippen molar-refractivity contribution in [3.8, 4) is 45.9 Å². The van der Waals surface area contributed by atoms with Gasteiger partial charge >= 0.3 is 0 Å². The van der Waals surface area contributed by atoms with E-state index in [0.29, 0.717) is 23.8 Å². The van der Waals surface area contributed by atoms with Gasteiger partial charge in [-0.2, -0.15) is 11.3 Å². The van der Waals surface area contributed by atoms with Crippen molar-refractivity contribution in [1.29, 1.82) is 0 Å². The number of guanidine groups is 5. The highest BCUT2D eigenvalue weighted by molar-refractivity contribution is 7.13. The number of carbonyl (C=O) groups excluding carboxylic acids is 5. The van der Waals surface area contributed by atoms with Crippen LogP contribution in [0.25, 0.3) is 27.8 Å². The fraction of sp³-hybridized carbons (Fsp3) is 0.467. The summed E-state index contributed by atoms with van der Waals surface area (Å²) in [5.41, 5.74) is 44.1. The van der Waals surface area contributed by atoms with Gasteiger partial charge < -0.3 is 52.4 Å². The number of benzene rings is 5. The first kappa shape index (κ1) is 93.9. The van der Waals surface area contributed by atoms with E-state index in [1.54, 1.807) is 112 Å². The number of carbonyl (C=O) groups is 5. The Hall–Kier alpha value is -12.1. The molecule has 3 aromatic heterocycles. The molecule has 10 N–H and O–H groups in total. The molecule has 5 fully saturated rings. The summed E-state index contributed by atoms with van der Waals surface area (Å²) in [5, 5.41) is 4.05. The maximum atomic E-state index is 13.6. The lowest BCUT2D eigenvalue weighted by molar-refractivity contribution is -0.138. The van der Waals surface area contributed by atoms with Gasteiger partial charge in [0.05, 0.1) is 52.8 Å². The van der Waals surface area contributed by atoms with Gasteiger partial charge in [-0.15, -0.1) is 17.8 Å². The number of amides is 5. The van der Waals surface area contributed by atoms with Gasteiger partial charge in [0.25, 0.3) is 29.5 Å². The van der Waals surface area contributed by atoms with Crippen LogP contribution in [-0.4, -0.2) is 200 Å². The smallest absolute Gasteiger partial charge is 0.262 e. The molecule has 137 heavy (non-hydrogen) atoms. The molecule has 0 saturated heterocycles. The van der Waals surface area contributed by atoms with Crippen LogP contribution in [0.4, 0.5) is 0 Å². The van der Waals surface area contributed by atoms with Gasteiger partial charge in [-0.3, -0.25) is 63.4 Å². The number of hydrogen-bond donors (Lipinski definition) is 5. The Bertz CT molecular complexity index is 6410. The molecule has 712 valence electrons. The highest BCUT2D eigenvalue weighted by Gasteiger charge is 2.72. The average molecular weight is 1880 g/mol. The number of hydrogen-bond acceptors (Lipinski definition) is 25. The molecule has 28 nitrogen and oxygen atoms in total. The molecule has 30 heteroatoms. The molecule has 5 amide bonds. The van der Waals surface area contributed by atoms with Gasteiger partial charge in [-0.05, 0) is 281 Å². The van der Waals surface area contributed by atoms with Crippen molar-refractivity contribution in [3.63, 3.8) is 0 Å². The normalized spacial score (nSPS) is 31.8. The molecule has 15 aliphatic rings. The van der Waals surface area contributed by atoms with E-state index in [0.717, 1.165) is 238 Å². The van der Waals surface area contributed by atoms with Crippen LogP contribution in [-0.2, 0) is 107 Å². The van der Waals surface area contributed by atoms with E-state index in [2.05, 4.69) is 118 Å². The largest absolute Gasteiger partial charge is 0.381 e. The lowest BCUT2D eigenvalue weighted by Crippen LogP contribution is -2.51. The molecular weight excluding hydrogens is 1760 g/mol. The number of aliphatic imine (C=N–C) groups is 5. The van der Waals surface area contributed by atoms with Crippen molar-refractivity contribution in [3.05, 3.63) is 223 Å². The summed E-state index contributed by atoms with van der Waals surface area (Å²) in [6.45, 7) is 3.87. The second kappa shape index (κ2) is 35.7. The van der Waals surface area contributed by atoms with Crippen molar-refractivity contribution in [2.75, 3.05) is 70.8 Å². The number of ether oxygens (including phenoxy) is 5. The molecule has 5 aliphatic heterocycles. The van der Waals surface area contributed by atoms with Gasteiger partial charge in [0.2, 0.25) is 0 Å². The van der Waals surface area contributed by atoms with Crippen molar-refractivity contribution in [2.45, 2.75) is 219 Å². The van der Waals surface area contributed by atoms with E-state index >= 15 is 0 Å². The van der Waals surface area contributed by atoms with Gasteiger partial charge in [0, 0.05) is 144 Å². The number of aromatic nitrogens is 3. The lowest BCUT2D eigenvalue weighted by atomic mass is 9.61. The third-order valence-corrected chi connectivity index (χ3v) is 35.7. The molecule has 8 aromatic rings. The number of methoxy groups -OCH3 is 5. The molecule has 5 saturated carbocycles. The summed E-state index contributed by atoms with van der Waals surface area (Å²) in [6, 6.07) is 33.2. The Morgan fingerprint density at radius 3 is 1.02 bits per heavy atom. The third-order valence-electron chi connectivity index (χ3n) is 34.2. The van der Waals surface area contributed by atoms with Crippen molar-refractivity contribution in [1.82, 2.24) is 39.5 Å². The zero-order valence-electron chi connectivity index (χ0n) is 79.8. The molecule has 8 heterocycles. The van der Waals surface area contributed by atoms with Crippen molar-refractivity contribution >= 4 is 88.1 Å². The minimum atomic E-state index is -0.960. The SMILES string of the molecule is C#Cc1ccc2c(c1)C1(N=C(N)N(C)C1=O)C1(CCC(OC)CC1)C2.C=Cc1ccc2c(c1)C1(N=C(N)N(C)C1=O)C1(CCC(OC)CC1)C2.COC1CCC2(CC1)Cc1ccc(-c3cnccn3)cc1C21N=C(N)N(C)C1=O.COC1CCC2(CC1)Cc1ccc(-c3cncs3)cc1C21N=C(N)N(C)C1=O.COC1CCC2(CC1)Cc1ccc(C#Cc3ccsc3)cc1C21N=C(N)N(C)C1=O. The van der Waals surface area contributed by atoms with Crippen molar-refractivity contribution < 1.29 is 47.7 Å². The van der Waals surface area contributed by atoms with E-state index in [4.69, 9.17) is 83.7 Å². The average Bonchev–Trinajstić information content (AvgIpc) is 1.54. The van der Waals surface area contributed by atoms with E-state index in [9.17, 15) is 24.0 Å². The lowest BCUT2D eigenvalue weighted by Gasteiger charge is -2.45. The number of thiophene rings is 1. The van der Waals surface area contributed by atoms with E-state index < -0.39 is 27.7 Å². The Kier molecular flexibility index (Phi) is 24.5. The summed E-state index contributed by atoms with van der Waals surface area (Å²) < 4.78 is 27.9. The second-order valence-electron chi connectivity index (χ2n) is 40.2. The molecule has 0 radical (unpaired) electrons. The van der Waals surface area contributed by atoms with Crippen LogP contribution >= 0.6 is 22.7 Å². The molecular formula is C107H122N18O10S2. The minimum absolute atomic E-state index is 0.000768. The quantitative estimate of drug-likeness (QED) is 0.0882. The fourth-order valence-corrected chi connectivity index (χ4v) is 27.7. The second-order valence-corrected chi connectivity index (χ2v) is 41.8. The van der Waals surface area contributed by atoms with Crippen molar-refractivity contribution in [2.24, 2.45) is 80.7 Å². The predicted molar refractivity (Wildman–Crippen MR) is 530 cm³/mol. The highest BCUT2D eigenvalue weighted by Crippen LogP contribution is 2.68. The third kappa shape index (κ3) is 14.4. The molecule has 10 aliphatic carbocycles. The fourth-order valence-electron chi connectivity index (χ4n) is 26.5. The number of rotatable bonds is 8. The number of fused-ring (bicyclic) bond motifs is 15. The Morgan fingerprint density at radius 1 is 0.394 bits per heavy atom. The minimum Gasteiger partial charge on any atom is -0.381 e. The standard InChI is InChI=1S/C24H25N3O2S.C22H25N5O2.C21H24N4O2S.C20H25N3O2.C20H23N3O2/c1-27-21(28)24(26-22(27)25)20-13-16(3-4-17-9-12-30-15-17)5-6-18(20)14-23(24)10-7-19(29-2)8-11-23;1-27-19(28)22(26-20(27)23)17-11-14(18-13-24-9-10-25-18)3-4-15(17)12-21(22)7-5-16(29-2)6-8-21;1-25-18(26)21(24-19(25)22)16-9-13(17-11-23-12-28-17)3-4-14(16)10-20(21)7-5-15(27-2)6-8-20;2*1-4-13-5-6-14-12-19(9-7-15(25-3)8-10-19)20(16(14)11-13)17(24)23(2)18(21)22-20/h5-6,9,12-13,15,19H,7-8,10-11,14H2,1-2H3,(H2,25,26);3-4,9-11,13,16H,5-8,12H2,1-2H3,(H2,23,26);3-4,9,11-12,15H,5-8,10H2,1-2H3,(H2,22,24);4-6,11,15H,1,7-10,12H2,2-3H3,(H2,21,22);1,5-6,11,15H,7-10,12H2,2-3H3,(H2,21,22). The van der Waals surface area contributed by atoms with Gasteiger partial charge in [0.1, 0.15) is 0 Å². The van der Waals surface area contributed by atoms with E-state index in [-0.39, 0.29) is 93.1 Å². The highest BCUT2D eigenvalue weighted by atomic mass is 32.1. The summed E-state index contributed by atoms with van der Waals surface area (Å²) in [6.07, 6.45) is 38.2. The van der Waals surface area contributed by atoms with E-state index in [1.807, 2.05) is 46.7 Å². The monoisotopic (exact) mass is 1880 g/mol. The molecule has 10 spiro atoms. The Balaban J connectivity index is 0.000000110. The Labute approximate surface area is 808 Å². The molecule has 5 aromatic carbocycles. The first-order valence-electron chi connectivity index (χ1n) is 47.7. The van der Waals surface area contributed by atoms with Crippen LogP contribution in [0.1, 0.15) is 206 Å². The summed E-state index contributed by atoms with van der Waals surface area (Å²) >= 11 is 3.23. The van der Waals surface area contributed by atoms with Gasteiger partial charge in [-0.1, -0.05) is 78.9 Å². The van der Waals surface area contributed by atoms with Gasteiger partial charge in [0.15, 0.2) is 57.5 Å². The van der Waals surface area contributed by atoms with Crippen LogP contribution < -0.4 is 28.7 Å². The molecule has 0 bridgehead atoms. The topological polar surface area (TPSA) is 378 Å². The van der Waals surface area contributed by atoms with Crippen LogP contribution in [0.3, 0.4) is 0 Å². The van der Waals surface area contributed by atoms with Crippen LogP contribution in [0.2, 0.25) is 0 Å². The molecule has 5 unspecified atom stereocenters. The number of likely N-dealkylation sites (N-methyl/N-ethyl adjacent to an activating group) is 5.